The van der Waals surface area contributed by atoms with Crippen molar-refractivity contribution in [2.45, 2.75) is 111 Å². The van der Waals surface area contributed by atoms with E-state index < -0.39 is 23.8 Å². The summed E-state index contributed by atoms with van der Waals surface area (Å²) in [5, 5.41) is 18.1. The molecule has 0 aromatic heterocycles. The molecule has 3 aliphatic rings. The zero-order valence-corrected chi connectivity index (χ0v) is 30.5. The van der Waals surface area contributed by atoms with Gasteiger partial charge in [-0.05, 0) is 107 Å². The number of carbonyl (C=O) groups excluding carboxylic acids is 2. The number of hydrogen-bond acceptors (Lipinski definition) is 8. The molecule has 1 aromatic rings. The Morgan fingerprint density at radius 1 is 1.00 bits per heavy atom. The molecule has 3 saturated heterocycles. The van der Waals surface area contributed by atoms with Gasteiger partial charge in [-0.25, -0.2) is 4.79 Å². The monoisotopic (exact) mass is 661 g/mol. The standard InChI is InChI=1S/C37H63N3O7/c1-24(2)28(19-26-11-12-33(45-9)34(20-26)46-18-10-17-44-8)21-30(39-36(43)47-37(5,6)7)32(41)22-29(25(3)4)35(42)38-31-23-40-15-13-27(31)14-16-40/h11-12,20,24-25,27-32,41H,10,13-19,21-23H2,1-9H3,(H,38,42)(H,39,43)/t28-,29-,30-,31?,32-/m0/s1. The number of benzene rings is 1. The molecular formula is C37H63N3O7. The fourth-order valence-electron chi connectivity index (χ4n) is 6.86. The third-order valence-corrected chi connectivity index (χ3v) is 9.76. The van der Waals surface area contributed by atoms with Gasteiger partial charge in [0.2, 0.25) is 5.91 Å². The Balaban J connectivity index is 1.77. The largest absolute Gasteiger partial charge is 0.493 e. The van der Waals surface area contributed by atoms with Gasteiger partial charge in [-0.3, -0.25) is 4.79 Å². The van der Waals surface area contributed by atoms with Crippen molar-refractivity contribution in [3.63, 3.8) is 0 Å². The number of ether oxygens (including phenoxy) is 4. The average Bonchev–Trinajstić information content (AvgIpc) is 3.00. The first-order valence-electron chi connectivity index (χ1n) is 17.7. The zero-order valence-electron chi connectivity index (χ0n) is 30.5. The van der Waals surface area contributed by atoms with Crippen molar-refractivity contribution in [2.24, 2.45) is 29.6 Å². The molecule has 1 unspecified atom stereocenters. The molecule has 5 atom stereocenters. The molecule has 2 amide bonds. The lowest BCUT2D eigenvalue weighted by molar-refractivity contribution is -0.129. The smallest absolute Gasteiger partial charge is 0.407 e. The maximum absolute atomic E-state index is 13.7. The van der Waals surface area contributed by atoms with Crippen LogP contribution in [0, 0.1) is 29.6 Å². The molecule has 47 heavy (non-hydrogen) atoms. The maximum atomic E-state index is 13.7. The van der Waals surface area contributed by atoms with Gasteiger partial charge in [0, 0.05) is 38.6 Å². The van der Waals surface area contributed by atoms with E-state index in [0.717, 1.165) is 44.5 Å². The summed E-state index contributed by atoms with van der Waals surface area (Å²) in [5.41, 5.74) is 0.393. The fraction of sp³-hybridized carbons (Fsp3) is 0.784. The Bertz CT molecular complexity index is 1110. The first-order chi connectivity index (χ1) is 22.2. The van der Waals surface area contributed by atoms with Gasteiger partial charge in [0.25, 0.3) is 0 Å². The number of amides is 2. The van der Waals surface area contributed by atoms with E-state index in [0.29, 0.717) is 43.5 Å². The molecule has 268 valence electrons. The van der Waals surface area contributed by atoms with Gasteiger partial charge in [0.15, 0.2) is 11.5 Å². The normalized spacial score (nSPS) is 22.0. The number of fused-ring (bicyclic) bond motifs is 3. The minimum Gasteiger partial charge on any atom is -0.493 e. The van der Waals surface area contributed by atoms with Crippen LogP contribution in [0.2, 0.25) is 0 Å². The van der Waals surface area contributed by atoms with Gasteiger partial charge in [0.1, 0.15) is 5.60 Å². The Morgan fingerprint density at radius 3 is 2.26 bits per heavy atom. The first kappa shape index (κ1) is 38.9. The van der Waals surface area contributed by atoms with Crippen molar-refractivity contribution < 1.29 is 33.6 Å². The molecular weight excluding hydrogens is 598 g/mol. The Hall–Kier alpha value is -2.56. The SMILES string of the molecule is COCCCOc1cc(C[C@@H](C[C@H](NC(=O)OC(C)(C)C)[C@@H](O)C[C@H](C(=O)NC2CN3CCC2CC3)C(C)C)C(C)C)ccc1OC. The van der Waals surface area contributed by atoms with E-state index in [9.17, 15) is 14.7 Å². The van der Waals surface area contributed by atoms with Crippen LogP contribution in [0.4, 0.5) is 4.79 Å². The van der Waals surface area contributed by atoms with E-state index in [1.165, 1.54) is 0 Å². The van der Waals surface area contributed by atoms with Gasteiger partial charge in [-0.2, -0.15) is 0 Å². The lowest BCUT2D eigenvalue weighted by Crippen LogP contribution is -2.58. The summed E-state index contributed by atoms with van der Waals surface area (Å²) in [7, 11) is 3.30. The highest BCUT2D eigenvalue weighted by Crippen LogP contribution is 2.33. The van der Waals surface area contributed by atoms with E-state index in [-0.39, 0.29) is 42.0 Å². The van der Waals surface area contributed by atoms with E-state index >= 15 is 0 Å². The predicted molar refractivity (Wildman–Crippen MR) is 185 cm³/mol. The minimum atomic E-state index is -0.941. The number of carbonyl (C=O) groups is 2. The number of aliphatic hydroxyl groups is 1. The van der Waals surface area contributed by atoms with Gasteiger partial charge in [0.05, 0.1) is 25.9 Å². The van der Waals surface area contributed by atoms with Crippen LogP contribution in [0.25, 0.3) is 0 Å². The van der Waals surface area contributed by atoms with Gasteiger partial charge < -0.3 is 39.6 Å². The molecule has 0 saturated carbocycles. The molecule has 4 rings (SSSR count). The summed E-state index contributed by atoms with van der Waals surface area (Å²) < 4.78 is 22.3. The van der Waals surface area contributed by atoms with Crippen molar-refractivity contribution in [3.8, 4) is 11.5 Å². The van der Waals surface area contributed by atoms with Crippen molar-refractivity contribution in [2.75, 3.05) is 47.1 Å². The Kier molecular flexibility index (Phi) is 15.1. The molecule has 3 heterocycles. The van der Waals surface area contributed by atoms with Crippen LogP contribution in [-0.2, 0) is 20.7 Å². The van der Waals surface area contributed by atoms with Gasteiger partial charge in [-0.1, -0.05) is 33.8 Å². The zero-order chi connectivity index (χ0) is 34.7. The maximum Gasteiger partial charge on any atom is 0.407 e. The molecule has 3 aliphatic heterocycles. The molecule has 1 aromatic carbocycles. The summed E-state index contributed by atoms with van der Waals surface area (Å²) >= 11 is 0. The average molecular weight is 662 g/mol. The number of nitrogens with zero attached hydrogens (tertiary/aromatic N) is 1. The first-order valence-corrected chi connectivity index (χ1v) is 17.7. The van der Waals surface area contributed by atoms with Crippen LogP contribution in [-0.4, -0.2) is 92.9 Å². The highest BCUT2D eigenvalue weighted by atomic mass is 16.6. The van der Waals surface area contributed by atoms with Crippen molar-refractivity contribution >= 4 is 12.0 Å². The van der Waals surface area contributed by atoms with Crippen LogP contribution in [0.3, 0.4) is 0 Å². The van der Waals surface area contributed by atoms with Gasteiger partial charge in [-0.15, -0.1) is 0 Å². The van der Waals surface area contributed by atoms with Crippen molar-refractivity contribution in [1.29, 1.82) is 0 Å². The lowest BCUT2D eigenvalue weighted by atomic mass is 9.80. The molecule has 0 spiro atoms. The second-order valence-corrected chi connectivity index (χ2v) is 15.3. The topological polar surface area (TPSA) is 119 Å². The van der Waals surface area contributed by atoms with E-state index in [1.54, 1.807) is 14.2 Å². The summed E-state index contributed by atoms with van der Waals surface area (Å²) in [6.07, 6.45) is 2.97. The second kappa shape index (κ2) is 18.3. The van der Waals surface area contributed by atoms with Crippen LogP contribution in [0.1, 0.15) is 86.1 Å². The Labute approximate surface area is 283 Å². The Morgan fingerprint density at radius 2 is 1.70 bits per heavy atom. The van der Waals surface area contributed by atoms with Crippen molar-refractivity contribution in [3.05, 3.63) is 23.8 Å². The van der Waals surface area contributed by atoms with E-state index in [1.807, 2.05) is 52.8 Å². The number of nitrogens with one attached hydrogen (secondary N) is 2. The summed E-state index contributed by atoms with van der Waals surface area (Å²) in [4.78, 5) is 29.2. The summed E-state index contributed by atoms with van der Waals surface area (Å²) in [5.74, 6) is 1.85. The number of alkyl carbamates (subject to hydrolysis) is 1. The predicted octanol–water partition coefficient (Wildman–Crippen LogP) is 5.44. The van der Waals surface area contributed by atoms with Crippen LogP contribution >= 0.6 is 0 Å². The number of aliphatic hydroxyl groups excluding tert-OH is 1. The second-order valence-electron chi connectivity index (χ2n) is 15.3. The third-order valence-electron chi connectivity index (χ3n) is 9.76. The minimum absolute atomic E-state index is 0.00881. The van der Waals surface area contributed by atoms with E-state index in [2.05, 4.69) is 29.4 Å². The van der Waals surface area contributed by atoms with Gasteiger partial charge >= 0.3 is 6.09 Å². The number of methoxy groups -OCH3 is 2. The highest BCUT2D eigenvalue weighted by Gasteiger charge is 2.38. The van der Waals surface area contributed by atoms with Crippen LogP contribution in [0.5, 0.6) is 11.5 Å². The molecule has 10 heteroatoms. The summed E-state index contributed by atoms with van der Waals surface area (Å²) in [6.45, 7) is 18.1. The van der Waals surface area contributed by atoms with Crippen LogP contribution < -0.4 is 20.1 Å². The number of hydrogen-bond donors (Lipinski definition) is 3. The molecule has 10 nitrogen and oxygen atoms in total. The molecule has 3 N–H and O–H groups in total. The third kappa shape index (κ3) is 12.4. The fourth-order valence-corrected chi connectivity index (χ4v) is 6.86. The molecule has 0 aliphatic carbocycles. The molecule has 2 bridgehead atoms. The number of rotatable bonds is 18. The lowest BCUT2D eigenvalue weighted by Gasteiger charge is -2.45. The molecule has 0 radical (unpaired) electrons. The van der Waals surface area contributed by atoms with Crippen LogP contribution in [0.15, 0.2) is 18.2 Å². The van der Waals surface area contributed by atoms with Crippen molar-refractivity contribution in [1.82, 2.24) is 15.5 Å². The molecule has 3 fully saturated rings. The highest BCUT2D eigenvalue weighted by molar-refractivity contribution is 5.79. The summed E-state index contributed by atoms with van der Waals surface area (Å²) in [6, 6.07) is 5.52. The quantitative estimate of drug-likeness (QED) is 0.178. The number of piperidine rings is 3. The van der Waals surface area contributed by atoms with E-state index in [4.69, 9.17) is 18.9 Å².